The van der Waals surface area contributed by atoms with E-state index in [0.29, 0.717) is 25.7 Å². The number of rotatable bonds is 2. The van der Waals surface area contributed by atoms with Crippen molar-refractivity contribution in [2.24, 2.45) is 10.8 Å². The molecule has 0 amide bonds. The van der Waals surface area contributed by atoms with Gasteiger partial charge < -0.3 is 0 Å². The summed E-state index contributed by atoms with van der Waals surface area (Å²) in [5.74, 6) is 0. The van der Waals surface area contributed by atoms with E-state index in [1.54, 1.807) is 0 Å². The summed E-state index contributed by atoms with van der Waals surface area (Å²) in [6, 6.07) is 0. The van der Waals surface area contributed by atoms with Gasteiger partial charge in [0.25, 0.3) is 0 Å². The fraction of sp³-hybridized carbons (Fsp3) is 1.00. The fourth-order valence-corrected chi connectivity index (χ4v) is 1.44. The average molecular weight is 194 g/mol. The zero-order chi connectivity index (χ0) is 10.3. The van der Waals surface area contributed by atoms with Crippen LogP contribution < -0.4 is 0 Å². The normalized spacial score (nSPS) is 21.7. The number of hydrogen-bond donors (Lipinski definition) is 0. The first-order chi connectivity index (χ1) is 5.66. The predicted octanol–water partition coefficient (Wildman–Crippen LogP) is 4.16. The van der Waals surface area contributed by atoms with Crippen LogP contribution >= 0.6 is 0 Å². The van der Waals surface area contributed by atoms with Gasteiger partial charge in [-0.05, 0) is 31.1 Å². The predicted molar refractivity (Wildman–Crippen MR) is 46.4 cm³/mol. The van der Waals surface area contributed by atoms with Gasteiger partial charge in [-0.25, -0.2) is 0 Å². The second-order valence-electron chi connectivity index (χ2n) is 5.34. The largest absolute Gasteiger partial charge is 0.394 e. The Morgan fingerprint density at radius 2 is 1.54 bits per heavy atom. The number of alkyl halides is 3. The lowest BCUT2D eigenvalue weighted by Gasteiger charge is -2.24. The maximum absolute atomic E-state index is 12.5. The molecule has 0 saturated heterocycles. The molecule has 78 valence electrons. The number of halogens is 3. The van der Waals surface area contributed by atoms with Crippen LogP contribution in [-0.4, -0.2) is 6.18 Å². The van der Waals surface area contributed by atoms with Gasteiger partial charge in [-0.15, -0.1) is 0 Å². The van der Waals surface area contributed by atoms with Crippen molar-refractivity contribution >= 4 is 0 Å². The molecule has 0 bridgehead atoms. The Morgan fingerprint density at radius 3 is 1.77 bits per heavy atom. The summed E-state index contributed by atoms with van der Waals surface area (Å²) in [4.78, 5) is 0. The van der Waals surface area contributed by atoms with Crippen molar-refractivity contribution in [3.8, 4) is 0 Å². The van der Waals surface area contributed by atoms with Crippen LogP contribution in [0, 0.1) is 10.8 Å². The Balaban J connectivity index is 2.46. The first-order valence-corrected chi connectivity index (χ1v) is 4.73. The Kier molecular flexibility index (Phi) is 2.42. The molecule has 0 radical (unpaired) electrons. The fourth-order valence-electron chi connectivity index (χ4n) is 1.44. The maximum Gasteiger partial charge on any atom is 0.394 e. The molecule has 1 rings (SSSR count). The Hall–Kier alpha value is -0.210. The standard InChI is InChI=1S/C10H17F3/c1-8(2,3)4-5-9(6-7-9)10(11,12)13/h4-7H2,1-3H3. The van der Waals surface area contributed by atoms with Crippen LogP contribution in [0.3, 0.4) is 0 Å². The lowest BCUT2D eigenvalue weighted by molar-refractivity contribution is -0.190. The Bertz CT molecular complexity index is 181. The highest BCUT2D eigenvalue weighted by Crippen LogP contribution is 2.61. The van der Waals surface area contributed by atoms with E-state index in [9.17, 15) is 13.2 Å². The highest BCUT2D eigenvalue weighted by atomic mass is 19.4. The molecule has 1 aliphatic rings. The lowest BCUT2D eigenvalue weighted by atomic mass is 9.85. The lowest BCUT2D eigenvalue weighted by Crippen LogP contribution is -2.25. The van der Waals surface area contributed by atoms with Crippen molar-refractivity contribution in [2.45, 2.75) is 52.6 Å². The summed E-state index contributed by atoms with van der Waals surface area (Å²) in [7, 11) is 0. The molecule has 0 aliphatic heterocycles. The van der Waals surface area contributed by atoms with Crippen molar-refractivity contribution in [1.29, 1.82) is 0 Å². The van der Waals surface area contributed by atoms with E-state index in [1.807, 2.05) is 20.8 Å². The van der Waals surface area contributed by atoms with Gasteiger partial charge in [0.15, 0.2) is 0 Å². The van der Waals surface area contributed by atoms with E-state index in [2.05, 4.69) is 0 Å². The maximum atomic E-state index is 12.5. The van der Waals surface area contributed by atoms with E-state index in [1.165, 1.54) is 0 Å². The summed E-state index contributed by atoms with van der Waals surface area (Å²) in [5, 5.41) is 0. The zero-order valence-corrected chi connectivity index (χ0v) is 8.46. The Morgan fingerprint density at radius 1 is 1.08 bits per heavy atom. The highest BCUT2D eigenvalue weighted by molar-refractivity contribution is 4.99. The molecule has 0 N–H and O–H groups in total. The molecule has 13 heavy (non-hydrogen) atoms. The molecule has 1 saturated carbocycles. The van der Waals surface area contributed by atoms with E-state index in [0.717, 1.165) is 0 Å². The van der Waals surface area contributed by atoms with E-state index < -0.39 is 11.6 Å². The third kappa shape index (κ3) is 2.61. The average Bonchev–Trinajstić information content (AvgIpc) is 2.58. The topological polar surface area (TPSA) is 0 Å². The third-order valence-electron chi connectivity index (χ3n) is 2.81. The molecule has 0 aromatic rings. The quantitative estimate of drug-likeness (QED) is 0.619. The highest BCUT2D eigenvalue weighted by Gasteiger charge is 2.62. The molecule has 0 aromatic heterocycles. The van der Waals surface area contributed by atoms with Gasteiger partial charge in [0.2, 0.25) is 0 Å². The van der Waals surface area contributed by atoms with Crippen molar-refractivity contribution in [2.75, 3.05) is 0 Å². The summed E-state index contributed by atoms with van der Waals surface area (Å²) in [5.41, 5.74) is -1.29. The molecule has 0 spiro atoms. The van der Waals surface area contributed by atoms with Crippen molar-refractivity contribution < 1.29 is 13.2 Å². The van der Waals surface area contributed by atoms with Crippen LogP contribution in [0.1, 0.15) is 46.5 Å². The first-order valence-electron chi connectivity index (χ1n) is 4.73. The van der Waals surface area contributed by atoms with Gasteiger partial charge in [0.1, 0.15) is 0 Å². The SMILES string of the molecule is CC(C)(C)CCC1(C(F)(F)F)CC1. The van der Waals surface area contributed by atoms with E-state index in [-0.39, 0.29) is 5.41 Å². The van der Waals surface area contributed by atoms with Crippen molar-refractivity contribution in [3.05, 3.63) is 0 Å². The second kappa shape index (κ2) is 2.89. The smallest absolute Gasteiger partial charge is 0.171 e. The van der Waals surface area contributed by atoms with Crippen LogP contribution in [0.25, 0.3) is 0 Å². The van der Waals surface area contributed by atoms with Gasteiger partial charge in [-0.1, -0.05) is 20.8 Å². The summed E-state index contributed by atoms with van der Waals surface area (Å²) < 4.78 is 37.4. The molecule has 0 unspecified atom stereocenters. The van der Waals surface area contributed by atoms with Crippen LogP contribution in [0.15, 0.2) is 0 Å². The molecule has 0 heterocycles. The van der Waals surface area contributed by atoms with Crippen LogP contribution in [0.4, 0.5) is 13.2 Å². The monoisotopic (exact) mass is 194 g/mol. The van der Waals surface area contributed by atoms with E-state index in [4.69, 9.17) is 0 Å². The third-order valence-corrected chi connectivity index (χ3v) is 2.81. The van der Waals surface area contributed by atoms with Gasteiger partial charge >= 0.3 is 6.18 Å². The molecule has 1 aliphatic carbocycles. The van der Waals surface area contributed by atoms with Crippen LogP contribution in [0.2, 0.25) is 0 Å². The van der Waals surface area contributed by atoms with Gasteiger partial charge in [-0.3, -0.25) is 0 Å². The number of hydrogen-bond acceptors (Lipinski definition) is 0. The van der Waals surface area contributed by atoms with Crippen molar-refractivity contribution in [3.63, 3.8) is 0 Å². The summed E-state index contributed by atoms with van der Waals surface area (Å²) >= 11 is 0. The van der Waals surface area contributed by atoms with Gasteiger partial charge in [0.05, 0.1) is 5.41 Å². The summed E-state index contributed by atoms with van der Waals surface area (Å²) in [6.07, 6.45) is -2.33. The first kappa shape index (κ1) is 10.9. The minimum atomic E-state index is -3.97. The van der Waals surface area contributed by atoms with Crippen molar-refractivity contribution in [1.82, 2.24) is 0 Å². The second-order valence-corrected chi connectivity index (χ2v) is 5.34. The van der Waals surface area contributed by atoms with Gasteiger partial charge in [0, 0.05) is 0 Å². The minimum absolute atomic E-state index is 0.0147. The molecule has 0 nitrogen and oxygen atoms in total. The summed E-state index contributed by atoms with van der Waals surface area (Å²) in [6.45, 7) is 5.96. The molecular formula is C10H17F3. The van der Waals surface area contributed by atoms with Crippen LogP contribution in [0.5, 0.6) is 0 Å². The van der Waals surface area contributed by atoms with E-state index >= 15 is 0 Å². The molecule has 0 aromatic carbocycles. The van der Waals surface area contributed by atoms with Crippen LogP contribution in [-0.2, 0) is 0 Å². The zero-order valence-electron chi connectivity index (χ0n) is 8.46. The molecule has 1 fully saturated rings. The molecular weight excluding hydrogens is 177 g/mol. The minimum Gasteiger partial charge on any atom is -0.171 e. The molecule has 3 heteroatoms. The molecule has 0 atom stereocenters. The van der Waals surface area contributed by atoms with Gasteiger partial charge in [-0.2, -0.15) is 13.2 Å². The Labute approximate surface area is 77.5 Å².